The first kappa shape index (κ1) is 16.2. The van der Waals surface area contributed by atoms with Gasteiger partial charge in [-0.15, -0.1) is 0 Å². The Hall–Kier alpha value is -1.88. The smallest absolute Gasteiger partial charge is 0.224 e. The molecule has 5 N–H and O–H groups in total. The fraction of sp³-hybridized carbons (Fsp3) is 0.467. The second-order valence-electron chi connectivity index (χ2n) is 5.59. The van der Waals surface area contributed by atoms with E-state index in [-0.39, 0.29) is 24.9 Å². The summed E-state index contributed by atoms with van der Waals surface area (Å²) in [6.07, 6.45) is 0.584. The number of primary amides is 1. The maximum Gasteiger partial charge on any atom is 0.224 e. The molecule has 0 aromatic heterocycles. The molecule has 0 aliphatic heterocycles. The molecule has 0 heterocycles. The fourth-order valence-electron chi connectivity index (χ4n) is 1.72. The normalized spacial score (nSPS) is 12.8. The molecular weight excluding hydrogens is 254 g/mol. The Kier molecular flexibility index (Phi) is 5.70. The Labute approximate surface area is 119 Å². The number of carbonyl (C=O) groups is 2. The molecule has 0 saturated carbocycles. The minimum Gasteiger partial charge on any atom is -0.369 e. The van der Waals surface area contributed by atoms with Gasteiger partial charge in [-0.3, -0.25) is 9.59 Å². The van der Waals surface area contributed by atoms with Crippen LogP contribution in [0.15, 0.2) is 30.3 Å². The van der Waals surface area contributed by atoms with Crippen molar-refractivity contribution in [2.45, 2.75) is 20.3 Å². The molecule has 1 aromatic carbocycles. The van der Waals surface area contributed by atoms with Crippen molar-refractivity contribution in [3.05, 3.63) is 35.9 Å². The van der Waals surface area contributed by atoms with Crippen LogP contribution < -0.4 is 16.8 Å². The predicted octanol–water partition coefficient (Wildman–Crippen LogP) is 0.432. The first-order chi connectivity index (χ1) is 9.36. The largest absolute Gasteiger partial charge is 0.369 e. The molecule has 110 valence electrons. The lowest BCUT2D eigenvalue weighted by molar-refractivity contribution is -0.128. The SMILES string of the molecule is CC(C)(CNC(=O)C(CN)Cc1ccccc1)C(N)=O. The van der Waals surface area contributed by atoms with Gasteiger partial charge in [-0.05, 0) is 25.8 Å². The van der Waals surface area contributed by atoms with E-state index in [0.29, 0.717) is 6.42 Å². The maximum atomic E-state index is 12.1. The van der Waals surface area contributed by atoms with Crippen molar-refractivity contribution in [2.75, 3.05) is 13.1 Å². The lowest BCUT2D eigenvalue weighted by atomic mass is 9.92. The van der Waals surface area contributed by atoms with Crippen LogP contribution in [0.4, 0.5) is 0 Å². The molecule has 1 unspecified atom stereocenters. The predicted molar refractivity (Wildman–Crippen MR) is 78.7 cm³/mol. The zero-order chi connectivity index (χ0) is 15.2. The molecule has 0 spiro atoms. The second-order valence-corrected chi connectivity index (χ2v) is 5.59. The van der Waals surface area contributed by atoms with Crippen LogP contribution in [0, 0.1) is 11.3 Å². The summed E-state index contributed by atoms with van der Waals surface area (Å²) in [6, 6.07) is 9.71. The molecule has 5 nitrogen and oxygen atoms in total. The number of benzene rings is 1. The van der Waals surface area contributed by atoms with Crippen LogP contribution in [0.25, 0.3) is 0 Å². The molecule has 2 amide bonds. The summed E-state index contributed by atoms with van der Waals surface area (Å²) in [5, 5.41) is 2.76. The number of nitrogens with two attached hydrogens (primary N) is 2. The lowest BCUT2D eigenvalue weighted by Crippen LogP contribution is -2.45. The molecule has 0 saturated heterocycles. The van der Waals surface area contributed by atoms with E-state index in [1.54, 1.807) is 13.8 Å². The number of rotatable bonds is 7. The lowest BCUT2D eigenvalue weighted by Gasteiger charge is -2.23. The third kappa shape index (κ3) is 4.66. The average Bonchev–Trinajstić information content (AvgIpc) is 2.43. The van der Waals surface area contributed by atoms with Crippen LogP contribution >= 0.6 is 0 Å². The van der Waals surface area contributed by atoms with Crippen LogP contribution in [-0.4, -0.2) is 24.9 Å². The molecule has 1 atom stereocenters. The van der Waals surface area contributed by atoms with Gasteiger partial charge in [0.25, 0.3) is 0 Å². The molecule has 1 aromatic rings. The van der Waals surface area contributed by atoms with E-state index in [4.69, 9.17) is 11.5 Å². The number of hydrogen-bond donors (Lipinski definition) is 3. The van der Waals surface area contributed by atoms with Gasteiger partial charge in [-0.2, -0.15) is 0 Å². The summed E-state index contributed by atoms with van der Waals surface area (Å²) in [6.45, 7) is 3.87. The van der Waals surface area contributed by atoms with Crippen LogP contribution in [-0.2, 0) is 16.0 Å². The van der Waals surface area contributed by atoms with Gasteiger partial charge >= 0.3 is 0 Å². The van der Waals surface area contributed by atoms with Gasteiger partial charge in [0.2, 0.25) is 11.8 Å². The fourth-order valence-corrected chi connectivity index (χ4v) is 1.72. The highest BCUT2D eigenvalue weighted by Gasteiger charge is 2.27. The van der Waals surface area contributed by atoms with Crippen molar-refractivity contribution in [3.8, 4) is 0 Å². The van der Waals surface area contributed by atoms with Crippen molar-refractivity contribution >= 4 is 11.8 Å². The van der Waals surface area contributed by atoms with Gasteiger partial charge < -0.3 is 16.8 Å². The van der Waals surface area contributed by atoms with E-state index >= 15 is 0 Å². The topological polar surface area (TPSA) is 98.2 Å². The van der Waals surface area contributed by atoms with Crippen molar-refractivity contribution < 1.29 is 9.59 Å². The van der Waals surface area contributed by atoms with E-state index in [1.807, 2.05) is 30.3 Å². The third-order valence-electron chi connectivity index (χ3n) is 3.35. The van der Waals surface area contributed by atoms with Crippen molar-refractivity contribution in [3.63, 3.8) is 0 Å². The van der Waals surface area contributed by atoms with Crippen LogP contribution in [0.2, 0.25) is 0 Å². The number of amides is 2. The molecule has 0 radical (unpaired) electrons. The van der Waals surface area contributed by atoms with Crippen LogP contribution in [0.5, 0.6) is 0 Å². The van der Waals surface area contributed by atoms with E-state index in [2.05, 4.69) is 5.32 Å². The van der Waals surface area contributed by atoms with Gasteiger partial charge in [0, 0.05) is 13.1 Å². The average molecular weight is 277 g/mol. The van der Waals surface area contributed by atoms with E-state index in [0.717, 1.165) is 5.56 Å². The van der Waals surface area contributed by atoms with Crippen molar-refractivity contribution in [2.24, 2.45) is 22.8 Å². The Morgan fingerprint density at radius 3 is 2.35 bits per heavy atom. The molecule has 0 aliphatic carbocycles. The van der Waals surface area contributed by atoms with Gasteiger partial charge in [-0.25, -0.2) is 0 Å². The van der Waals surface area contributed by atoms with Crippen molar-refractivity contribution in [1.82, 2.24) is 5.32 Å². The molecule has 1 rings (SSSR count). The zero-order valence-electron chi connectivity index (χ0n) is 12.1. The summed E-state index contributed by atoms with van der Waals surface area (Å²) in [5.74, 6) is -0.892. The highest BCUT2D eigenvalue weighted by molar-refractivity contribution is 5.83. The van der Waals surface area contributed by atoms with E-state index in [1.165, 1.54) is 0 Å². The first-order valence-electron chi connectivity index (χ1n) is 6.68. The van der Waals surface area contributed by atoms with E-state index in [9.17, 15) is 9.59 Å². The Bertz CT molecular complexity index is 457. The summed E-state index contributed by atoms with van der Waals surface area (Å²) in [4.78, 5) is 23.3. The monoisotopic (exact) mass is 277 g/mol. The first-order valence-corrected chi connectivity index (χ1v) is 6.68. The summed E-state index contributed by atoms with van der Waals surface area (Å²) in [7, 11) is 0. The molecule has 5 heteroatoms. The zero-order valence-corrected chi connectivity index (χ0v) is 12.1. The summed E-state index contributed by atoms with van der Waals surface area (Å²) in [5.41, 5.74) is 11.2. The minimum absolute atomic E-state index is 0.148. The summed E-state index contributed by atoms with van der Waals surface area (Å²) < 4.78 is 0. The Morgan fingerprint density at radius 1 is 1.25 bits per heavy atom. The molecular formula is C15H23N3O2. The summed E-state index contributed by atoms with van der Waals surface area (Å²) >= 11 is 0. The Morgan fingerprint density at radius 2 is 1.85 bits per heavy atom. The second kappa shape index (κ2) is 7.05. The quantitative estimate of drug-likeness (QED) is 0.674. The molecule has 0 fully saturated rings. The third-order valence-corrected chi connectivity index (χ3v) is 3.35. The van der Waals surface area contributed by atoms with Crippen LogP contribution in [0.3, 0.4) is 0 Å². The molecule has 20 heavy (non-hydrogen) atoms. The highest BCUT2D eigenvalue weighted by atomic mass is 16.2. The van der Waals surface area contributed by atoms with Gasteiger partial charge in [0.05, 0.1) is 11.3 Å². The minimum atomic E-state index is -0.762. The maximum absolute atomic E-state index is 12.1. The molecule has 0 aliphatic rings. The van der Waals surface area contributed by atoms with Crippen LogP contribution in [0.1, 0.15) is 19.4 Å². The van der Waals surface area contributed by atoms with Gasteiger partial charge in [-0.1, -0.05) is 30.3 Å². The molecule has 0 bridgehead atoms. The standard InChI is InChI=1S/C15H23N3O2/c1-15(2,14(17)20)10-18-13(19)12(9-16)8-11-6-4-3-5-7-11/h3-7,12H,8-10,16H2,1-2H3,(H2,17,20)(H,18,19). The van der Waals surface area contributed by atoms with E-state index < -0.39 is 11.3 Å². The Balaban J connectivity index is 2.58. The van der Waals surface area contributed by atoms with Crippen molar-refractivity contribution in [1.29, 1.82) is 0 Å². The highest BCUT2D eigenvalue weighted by Crippen LogP contribution is 2.13. The number of nitrogens with one attached hydrogen (secondary N) is 1. The van der Waals surface area contributed by atoms with Gasteiger partial charge in [0.15, 0.2) is 0 Å². The number of hydrogen-bond acceptors (Lipinski definition) is 3. The number of carbonyl (C=O) groups excluding carboxylic acids is 2. The van der Waals surface area contributed by atoms with Gasteiger partial charge in [0.1, 0.15) is 0 Å².